The number of hydrogen-bond acceptors (Lipinski definition) is 2. The zero-order valence-electron chi connectivity index (χ0n) is 14.4. The van der Waals surface area contributed by atoms with Crippen LogP contribution in [0.5, 0.6) is 0 Å². The molecule has 1 aliphatic rings. The largest absolute Gasteiger partial charge is 0.345 e. The van der Waals surface area contributed by atoms with Gasteiger partial charge >= 0.3 is 0 Å². The van der Waals surface area contributed by atoms with E-state index in [-0.39, 0.29) is 11.9 Å². The topological polar surface area (TPSA) is 46.9 Å². The van der Waals surface area contributed by atoms with Crippen LogP contribution in [-0.2, 0) is 13.0 Å². The molecule has 0 spiro atoms. The first-order valence-corrected chi connectivity index (χ1v) is 9.65. The quantitative estimate of drug-likeness (QED) is 0.689. The number of halogens is 1. The lowest BCUT2D eigenvalue weighted by atomic mass is 9.92. The van der Waals surface area contributed by atoms with Crippen LogP contribution in [0.1, 0.15) is 46.1 Å². The van der Waals surface area contributed by atoms with Crippen LogP contribution in [0.2, 0.25) is 0 Å². The summed E-state index contributed by atoms with van der Waals surface area (Å²) >= 11 is 3.46. The highest BCUT2D eigenvalue weighted by Crippen LogP contribution is 2.30. The molecule has 2 aromatic carbocycles. The Bertz CT molecular complexity index is 920. The second-order valence-corrected chi connectivity index (χ2v) is 7.44. The minimum atomic E-state index is -0.0499. The molecule has 4 nitrogen and oxygen atoms in total. The molecule has 26 heavy (non-hydrogen) atoms. The highest BCUT2D eigenvalue weighted by molar-refractivity contribution is 9.10. The van der Waals surface area contributed by atoms with Gasteiger partial charge in [-0.3, -0.25) is 9.48 Å². The monoisotopic (exact) mass is 409 g/mol. The third-order valence-corrected chi connectivity index (χ3v) is 5.55. The molecule has 1 aliphatic carbocycles. The van der Waals surface area contributed by atoms with E-state index in [9.17, 15) is 4.79 Å². The van der Waals surface area contributed by atoms with Crippen molar-refractivity contribution in [3.05, 3.63) is 87.7 Å². The van der Waals surface area contributed by atoms with E-state index in [0.29, 0.717) is 5.56 Å². The van der Waals surface area contributed by atoms with Crippen molar-refractivity contribution >= 4 is 21.8 Å². The van der Waals surface area contributed by atoms with E-state index < -0.39 is 0 Å². The van der Waals surface area contributed by atoms with Crippen molar-refractivity contribution < 1.29 is 4.79 Å². The Morgan fingerprint density at radius 3 is 2.73 bits per heavy atom. The summed E-state index contributed by atoms with van der Waals surface area (Å²) in [4.78, 5) is 12.7. The third kappa shape index (κ3) is 3.44. The van der Waals surface area contributed by atoms with E-state index in [0.717, 1.165) is 35.8 Å². The molecule has 0 radical (unpaired) electrons. The number of benzene rings is 2. The minimum absolute atomic E-state index is 0.0166. The van der Waals surface area contributed by atoms with Crippen LogP contribution < -0.4 is 5.32 Å². The van der Waals surface area contributed by atoms with Crippen molar-refractivity contribution in [2.45, 2.75) is 31.8 Å². The van der Waals surface area contributed by atoms with Gasteiger partial charge in [0, 0.05) is 15.7 Å². The number of fused-ring (bicyclic) bond motifs is 1. The van der Waals surface area contributed by atoms with Crippen LogP contribution >= 0.6 is 15.9 Å². The fourth-order valence-electron chi connectivity index (χ4n) is 3.54. The fourth-order valence-corrected chi connectivity index (χ4v) is 4.01. The van der Waals surface area contributed by atoms with E-state index in [4.69, 9.17) is 0 Å². The summed E-state index contributed by atoms with van der Waals surface area (Å²) in [5.74, 6) is -0.0499. The molecule has 1 unspecified atom stereocenters. The summed E-state index contributed by atoms with van der Waals surface area (Å²) < 4.78 is 2.88. The summed E-state index contributed by atoms with van der Waals surface area (Å²) in [6, 6.07) is 17.9. The van der Waals surface area contributed by atoms with Crippen LogP contribution in [0, 0.1) is 0 Å². The Morgan fingerprint density at radius 2 is 1.92 bits per heavy atom. The Morgan fingerprint density at radius 1 is 1.15 bits per heavy atom. The first-order chi connectivity index (χ1) is 12.7. The van der Waals surface area contributed by atoms with Gasteiger partial charge in [-0.2, -0.15) is 5.10 Å². The first-order valence-electron chi connectivity index (χ1n) is 8.86. The Kier molecular flexibility index (Phi) is 4.89. The maximum Gasteiger partial charge on any atom is 0.252 e. The molecule has 132 valence electrons. The van der Waals surface area contributed by atoms with Crippen LogP contribution in [-0.4, -0.2) is 15.7 Å². The number of rotatable bonds is 4. The zero-order chi connectivity index (χ0) is 17.9. The van der Waals surface area contributed by atoms with E-state index >= 15 is 0 Å². The lowest BCUT2D eigenvalue weighted by molar-refractivity contribution is 0.0932. The number of nitrogens with one attached hydrogen (secondary N) is 1. The molecule has 1 heterocycles. The van der Waals surface area contributed by atoms with Gasteiger partial charge in [-0.05, 0) is 52.9 Å². The number of hydrogen-bond donors (Lipinski definition) is 1. The van der Waals surface area contributed by atoms with Gasteiger partial charge in [0.15, 0.2) is 0 Å². The highest BCUT2D eigenvalue weighted by atomic mass is 79.9. The molecule has 0 aliphatic heterocycles. The highest BCUT2D eigenvalue weighted by Gasteiger charge is 2.26. The van der Waals surface area contributed by atoms with Crippen molar-refractivity contribution in [2.75, 3.05) is 0 Å². The average Bonchev–Trinajstić information content (AvgIpc) is 3.07. The molecule has 0 bridgehead atoms. The molecule has 5 heteroatoms. The summed E-state index contributed by atoms with van der Waals surface area (Å²) in [6.45, 7) is 0.765. The third-order valence-electron chi connectivity index (χ3n) is 4.86. The van der Waals surface area contributed by atoms with Crippen LogP contribution in [0.15, 0.2) is 65.3 Å². The van der Waals surface area contributed by atoms with Crippen LogP contribution in [0.3, 0.4) is 0 Å². The maximum atomic E-state index is 12.7. The van der Waals surface area contributed by atoms with Gasteiger partial charge in [-0.25, -0.2) is 0 Å². The summed E-state index contributed by atoms with van der Waals surface area (Å²) in [7, 11) is 0. The predicted molar refractivity (Wildman–Crippen MR) is 105 cm³/mol. The number of carbonyl (C=O) groups is 1. The minimum Gasteiger partial charge on any atom is -0.345 e. The lowest BCUT2D eigenvalue weighted by Gasteiger charge is -2.24. The number of amides is 1. The molecular weight excluding hydrogens is 390 g/mol. The molecule has 1 aromatic heterocycles. The van der Waals surface area contributed by atoms with Gasteiger partial charge in [0.1, 0.15) is 0 Å². The standard InChI is InChI=1S/C21H20BrN3O/c22-18-10-5-4-9-16(18)21(26)24-19-11-6-12-20-17(19)13-23-25(20)14-15-7-2-1-3-8-15/h1-5,7-10,13,19H,6,11-12,14H2,(H,24,26). The molecular formula is C21H20BrN3O. The molecule has 3 aromatic rings. The van der Waals surface area contributed by atoms with Gasteiger partial charge in [0.2, 0.25) is 0 Å². The van der Waals surface area contributed by atoms with Crippen molar-refractivity contribution in [2.24, 2.45) is 0 Å². The average molecular weight is 410 g/mol. The molecule has 1 N–H and O–H groups in total. The second kappa shape index (κ2) is 7.46. The zero-order valence-corrected chi connectivity index (χ0v) is 15.9. The van der Waals surface area contributed by atoms with Crippen molar-refractivity contribution in [1.29, 1.82) is 0 Å². The SMILES string of the molecule is O=C(NC1CCCc2c1cnn2Cc1ccccc1)c1ccccc1Br. The molecule has 4 rings (SSSR count). The summed E-state index contributed by atoms with van der Waals surface area (Å²) in [6.07, 6.45) is 4.92. The van der Waals surface area contributed by atoms with E-state index in [1.54, 1.807) is 0 Å². The molecule has 0 fully saturated rings. The number of aromatic nitrogens is 2. The van der Waals surface area contributed by atoms with Crippen molar-refractivity contribution in [1.82, 2.24) is 15.1 Å². The Hall–Kier alpha value is -2.40. The molecule has 1 amide bonds. The predicted octanol–water partition coefficient (Wildman–Crippen LogP) is 4.50. The van der Waals surface area contributed by atoms with Gasteiger partial charge in [-0.15, -0.1) is 0 Å². The normalized spacial score (nSPS) is 16.1. The van der Waals surface area contributed by atoms with Gasteiger partial charge in [0.25, 0.3) is 5.91 Å². The van der Waals surface area contributed by atoms with Gasteiger partial charge in [0.05, 0.1) is 24.3 Å². The summed E-state index contributed by atoms with van der Waals surface area (Å²) in [5.41, 5.74) is 4.28. The van der Waals surface area contributed by atoms with Gasteiger partial charge < -0.3 is 5.32 Å². The first kappa shape index (κ1) is 17.0. The Labute approximate surface area is 161 Å². The molecule has 1 atom stereocenters. The summed E-state index contributed by atoms with van der Waals surface area (Å²) in [5, 5.41) is 7.78. The lowest BCUT2D eigenvalue weighted by Crippen LogP contribution is -2.31. The fraction of sp³-hybridized carbons (Fsp3) is 0.238. The second-order valence-electron chi connectivity index (χ2n) is 6.59. The molecule has 0 saturated heterocycles. The van der Waals surface area contributed by atoms with E-state index in [2.05, 4.69) is 43.2 Å². The molecule has 0 saturated carbocycles. The maximum absolute atomic E-state index is 12.7. The number of nitrogens with zero attached hydrogens (tertiary/aromatic N) is 2. The van der Waals surface area contributed by atoms with E-state index in [1.165, 1.54) is 11.3 Å². The Balaban J connectivity index is 1.55. The van der Waals surface area contributed by atoms with Crippen LogP contribution in [0.4, 0.5) is 0 Å². The van der Waals surface area contributed by atoms with Crippen molar-refractivity contribution in [3.63, 3.8) is 0 Å². The van der Waals surface area contributed by atoms with Gasteiger partial charge in [-0.1, -0.05) is 42.5 Å². The smallest absolute Gasteiger partial charge is 0.252 e. The number of carbonyl (C=O) groups excluding carboxylic acids is 1. The van der Waals surface area contributed by atoms with Crippen molar-refractivity contribution in [3.8, 4) is 0 Å². The van der Waals surface area contributed by atoms with E-state index in [1.807, 2.05) is 48.7 Å². The van der Waals surface area contributed by atoms with Crippen LogP contribution in [0.25, 0.3) is 0 Å².